The SMILES string of the molecule is CCOC(=O)[C@H](CCCN=C(N)N)N=NC.O. The lowest BCUT2D eigenvalue weighted by Gasteiger charge is -2.08. The van der Waals surface area contributed by atoms with E-state index in [0.717, 1.165) is 0 Å². The van der Waals surface area contributed by atoms with E-state index in [4.69, 9.17) is 16.2 Å². The Bertz CT molecular complexity index is 263. The van der Waals surface area contributed by atoms with Crippen molar-refractivity contribution in [2.24, 2.45) is 26.7 Å². The minimum absolute atomic E-state index is 0. The Hall–Kier alpha value is -1.70. The number of rotatable bonds is 7. The highest BCUT2D eigenvalue weighted by atomic mass is 16.5. The predicted molar refractivity (Wildman–Crippen MR) is 64.7 cm³/mol. The number of ether oxygens (including phenoxy) is 1. The van der Waals surface area contributed by atoms with Crippen LogP contribution in [0, 0.1) is 0 Å². The van der Waals surface area contributed by atoms with Gasteiger partial charge >= 0.3 is 5.97 Å². The number of nitrogens with zero attached hydrogens (tertiary/aromatic N) is 3. The first kappa shape index (κ1) is 17.7. The summed E-state index contributed by atoms with van der Waals surface area (Å²) in [5.74, 6) is -0.317. The number of azo groups is 1. The second kappa shape index (κ2) is 10.8. The van der Waals surface area contributed by atoms with E-state index in [1.165, 1.54) is 7.05 Å². The molecule has 8 nitrogen and oxygen atoms in total. The van der Waals surface area contributed by atoms with Crippen LogP contribution in [-0.2, 0) is 9.53 Å². The van der Waals surface area contributed by atoms with E-state index in [2.05, 4.69) is 15.2 Å². The van der Waals surface area contributed by atoms with Crippen molar-refractivity contribution < 1.29 is 15.0 Å². The van der Waals surface area contributed by atoms with Gasteiger partial charge in [-0.25, -0.2) is 4.79 Å². The smallest absolute Gasteiger partial charge is 0.332 e. The maximum Gasteiger partial charge on any atom is 0.332 e. The van der Waals surface area contributed by atoms with Gasteiger partial charge in [-0.15, -0.1) is 0 Å². The number of carbonyl (C=O) groups excluding carboxylic acids is 1. The molecule has 0 fully saturated rings. The Kier molecular flexibility index (Phi) is 11.2. The first-order valence-corrected chi connectivity index (χ1v) is 5.12. The number of guanidine groups is 1. The van der Waals surface area contributed by atoms with Crippen LogP contribution in [0.2, 0.25) is 0 Å². The van der Waals surface area contributed by atoms with Gasteiger partial charge in [0.25, 0.3) is 0 Å². The molecule has 0 spiro atoms. The van der Waals surface area contributed by atoms with Crippen molar-refractivity contribution in [3.05, 3.63) is 0 Å². The second-order valence-corrected chi connectivity index (χ2v) is 3.03. The third-order valence-electron chi connectivity index (χ3n) is 1.74. The van der Waals surface area contributed by atoms with Crippen LogP contribution in [0.4, 0.5) is 0 Å². The lowest BCUT2D eigenvalue weighted by Crippen LogP contribution is -2.24. The summed E-state index contributed by atoms with van der Waals surface area (Å²) in [5.41, 5.74) is 10.3. The molecule has 0 aromatic heterocycles. The molecule has 6 N–H and O–H groups in total. The molecule has 0 saturated carbocycles. The summed E-state index contributed by atoms with van der Waals surface area (Å²) < 4.78 is 4.86. The molecule has 0 aromatic rings. The molecule has 0 amide bonds. The Labute approximate surface area is 100 Å². The molecule has 100 valence electrons. The molecule has 0 saturated heterocycles. The normalized spacial score (nSPS) is 11.6. The Morgan fingerprint density at radius 2 is 2.06 bits per heavy atom. The highest BCUT2D eigenvalue weighted by Gasteiger charge is 2.18. The molecule has 1 atom stereocenters. The highest BCUT2D eigenvalue weighted by molar-refractivity contribution is 5.76. The fourth-order valence-electron chi connectivity index (χ4n) is 1.09. The first-order valence-electron chi connectivity index (χ1n) is 5.12. The van der Waals surface area contributed by atoms with Crippen molar-refractivity contribution in [1.29, 1.82) is 0 Å². The summed E-state index contributed by atoms with van der Waals surface area (Å²) in [6, 6.07) is -0.556. The number of carbonyl (C=O) groups is 1. The number of nitrogens with two attached hydrogens (primary N) is 2. The largest absolute Gasteiger partial charge is 0.464 e. The van der Waals surface area contributed by atoms with Crippen molar-refractivity contribution in [2.45, 2.75) is 25.8 Å². The molecule has 0 radical (unpaired) electrons. The Morgan fingerprint density at radius 3 is 2.53 bits per heavy atom. The molecular weight excluding hydrogens is 226 g/mol. The average Bonchev–Trinajstić information content (AvgIpc) is 2.22. The summed E-state index contributed by atoms with van der Waals surface area (Å²) in [5, 5.41) is 7.39. The van der Waals surface area contributed by atoms with Crippen LogP contribution in [0.1, 0.15) is 19.8 Å². The van der Waals surface area contributed by atoms with E-state index in [-0.39, 0.29) is 17.4 Å². The standard InChI is InChI=1S/C9H19N5O2.H2O/c1-3-16-8(15)7(14-12-2)5-4-6-13-9(10)11;/h7H,3-6H2,1-2H3,(H4,10,11,13);1H2/t7-;/m0./s1. The predicted octanol–water partition coefficient (Wildman–Crippen LogP) is -0.771. The van der Waals surface area contributed by atoms with Crippen LogP contribution < -0.4 is 11.5 Å². The van der Waals surface area contributed by atoms with Gasteiger partial charge in [-0.2, -0.15) is 10.2 Å². The number of hydrogen-bond donors (Lipinski definition) is 2. The van der Waals surface area contributed by atoms with Crippen LogP contribution >= 0.6 is 0 Å². The molecule has 0 heterocycles. The lowest BCUT2D eigenvalue weighted by molar-refractivity contribution is -0.144. The molecule has 0 unspecified atom stereocenters. The van der Waals surface area contributed by atoms with Gasteiger partial charge in [-0.3, -0.25) is 4.99 Å². The summed E-state index contributed by atoms with van der Waals surface area (Å²) in [6.07, 6.45) is 1.17. The maximum atomic E-state index is 11.4. The quantitative estimate of drug-likeness (QED) is 0.200. The summed E-state index contributed by atoms with van der Waals surface area (Å²) in [4.78, 5) is 15.2. The molecule has 0 aromatic carbocycles. The zero-order chi connectivity index (χ0) is 12.4. The molecular formula is C9H21N5O3. The fraction of sp³-hybridized carbons (Fsp3) is 0.778. The number of esters is 1. The van der Waals surface area contributed by atoms with Crippen molar-refractivity contribution in [2.75, 3.05) is 20.2 Å². The van der Waals surface area contributed by atoms with Gasteiger partial charge in [0.15, 0.2) is 12.0 Å². The van der Waals surface area contributed by atoms with E-state index in [9.17, 15) is 4.79 Å². The van der Waals surface area contributed by atoms with Crippen LogP contribution in [0.5, 0.6) is 0 Å². The van der Waals surface area contributed by atoms with E-state index >= 15 is 0 Å². The summed E-state index contributed by atoms with van der Waals surface area (Å²) >= 11 is 0. The Balaban J connectivity index is 0. The van der Waals surface area contributed by atoms with Gasteiger partial charge in [0.05, 0.1) is 6.61 Å². The van der Waals surface area contributed by atoms with Gasteiger partial charge < -0.3 is 21.7 Å². The monoisotopic (exact) mass is 247 g/mol. The molecule has 0 aliphatic heterocycles. The molecule has 0 bridgehead atoms. The van der Waals surface area contributed by atoms with Crippen molar-refractivity contribution in [3.8, 4) is 0 Å². The third kappa shape index (κ3) is 9.24. The molecule has 0 aliphatic rings. The molecule has 17 heavy (non-hydrogen) atoms. The zero-order valence-corrected chi connectivity index (χ0v) is 10.2. The average molecular weight is 247 g/mol. The van der Waals surface area contributed by atoms with Gasteiger partial charge in [0.2, 0.25) is 0 Å². The van der Waals surface area contributed by atoms with Crippen LogP contribution in [-0.4, -0.2) is 43.6 Å². The van der Waals surface area contributed by atoms with Crippen LogP contribution in [0.15, 0.2) is 15.2 Å². The van der Waals surface area contributed by atoms with Gasteiger partial charge in [-0.05, 0) is 19.8 Å². The minimum Gasteiger partial charge on any atom is -0.464 e. The first-order chi connectivity index (χ1) is 7.61. The second-order valence-electron chi connectivity index (χ2n) is 3.03. The molecule has 8 heteroatoms. The summed E-state index contributed by atoms with van der Waals surface area (Å²) in [7, 11) is 1.52. The van der Waals surface area contributed by atoms with Gasteiger partial charge in [0.1, 0.15) is 0 Å². The fourth-order valence-corrected chi connectivity index (χ4v) is 1.09. The number of aliphatic imine (C=N–C) groups is 1. The van der Waals surface area contributed by atoms with Crippen molar-refractivity contribution >= 4 is 11.9 Å². The highest BCUT2D eigenvalue weighted by Crippen LogP contribution is 2.05. The maximum absolute atomic E-state index is 11.4. The van der Waals surface area contributed by atoms with Crippen LogP contribution in [0.3, 0.4) is 0 Å². The molecule has 0 aliphatic carbocycles. The number of hydrogen-bond acceptors (Lipinski definition) is 5. The summed E-state index contributed by atoms with van der Waals surface area (Å²) in [6.45, 7) is 2.55. The van der Waals surface area contributed by atoms with Crippen LogP contribution in [0.25, 0.3) is 0 Å². The van der Waals surface area contributed by atoms with Gasteiger partial charge in [0, 0.05) is 13.6 Å². The van der Waals surface area contributed by atoms with Crippen molar-refractivity contribution in [1.82, 2.24) is 0 Å². The van der Waals surface area contributed by atoms with E-state index in [1.54, 1.807) is 6.92 Å². The van der Waals surface area contributed by atoms with Gasteiger partial charge in [-0.1, -0.05) is 0 Å². The minimum atomic E-state index is -0.556. The van der Waals surface area contributed by atoms with E-state index < -0.39 is 6.04 Å². The van der Waals surface area contributed by atoms with Crippen molar-refractivity contribution in [3.63, 3.8) is 0 Å². The van der Waals surface area contributed by atoms with E-state index in [1.807, 2.05) is 0 Å². The topological polar surface area (TPSA) is 147 Å². The molecule has 0 rings (SSSR count). The third-order valence-corrected chi connectivity index (χ3v) is 1.74. The Morgan fingerprint density at radius 1 is 1.41 bits per heavy atom. The lowest BCUT2D eigenvalue weighted by atomic mass is 10.2. The van der Waals surface area contributed by atoms with E-state index in [0.29, 0.717) is 26.0 Å². The zero-order valence-electron chi connectivity index (χ0n) is 10.2.